The second kappa shape index (κ2) is 3.95. The molecule has 2 aromatic rings. The summed E-state index contributed by atoms with van der Waals surface area (Å²) < 4.78 is 4.18. The van der Waals surface area contributed by atoms with E-state index in [0.29, 0.717) is 0 Å². The predicted octanol–water partition coefficient (Wildman–Crippen LogP) is 2.99. The zero-order chi connectivity index (χ0) is 10.8. The number of ketones is 1. The SMILES string of the molecule is Cc1nsc(C)c1C(=O)c1ccccc1. The van der Waals surface area contributed by atoms with Gasteiger partial charge in [-0.1, -0.05) is 30.3 Å². The number of carbonyl (C=O) groups excluding carboxylic acids is 1. The molecule has 3 heteroatoms. The molecule has 15 heavy (non-hydrogen) atoms. The van der Waals surface area contributed by atoms with E-state index in [1.165, 1.54) is 11.5 Å². The molecule has 0 aliphatic rings. The predicted molar refractivity (Wildman–Crippen MR) is 61.5 cm³/mol. The maximum atomic E-state index is 12.1. The van der Waals surface area contributed by atoms with Gasteiger partial charge in [0.25, 0.3) is 0 Å². The Hall–Kier alpha value is -1.48. The Morgan fingerprint density at radius 1 is 1.20 bits per heavy atom. The van der Waals surface area contributed by atoms with E-state index in [9.17, 15) is 4.79 Å². The van der Waals surface area contributed by atoms with E-state index >= 15 is 0 Å². The van der Waals surface area contributed by atoms with Gasteiger partial charge >= 0.3 is 0 Å². The van der Waals surface area contributed by atoms with E-state index in [0.717, 1.165) is 21.7 Å². The lowest BCUT2D eigenvalue weighted by molar-refractivity contribution is 0.103. The summed E-state index contributed by atoms with van der Waals surface area (Å²) >= 11 is 1.38. The maximum Gasteiger partial charge on any atom is 0.196 e. The van der Waals surface area contributed by atoms with Gasteiger partial charge in [0.05, 0.1) is 11.3 Å². The molecule has 76 valence electrons. The van der Waals surface area contributed by atoms with Crippen LogP contribution in [0.1, 0.15) is 26.5 Å². The Balaban J connectivity index is 2.46. The summed E-state index contributed by atoms with van der Waals surface area (Å²) in [7, 11) is 0. The lowest BCUT2D eigenvalue weighted by Gasteiger charge is -2.00. The van der Waals surface area contributed by atoms with Crippen molar-refractivity contribution in [1.29, 1.82) is 0 Å². The Morgan fingerprint density at radius 3 is 2.40 bits per heavy atom. The maximum absolute atomic E-state index is 12.1. The quantitative estimate of drug-likeness (QED) is 0.724. The molecule has 0 saturated heterocycles. The van der Waals surface area contributed by atoms with E-state index in [4.69, 9.17) is 0 Å². The molecule has 0 atom stereocenters. The summed E-state index contributed by atoms with van der Waals surface area (Å²) in [6.45, 7) is 3.81. The summed E-state index contributed by atoms with van der Waals surface area (Å²) in [5.41, 5.74) is 2.31. The number of hydrogen-bond donors (Lipinski definition) is 0. The van der Waals surface area contributed by atoms with Gasteiger partial charge in [-0.25, -0.2) is 0 Å². The van der Waals surface area contributed by atoms with E-state index in [1.807, 2.05) is 44.2 Å². The molecular weight excluding hydrogens is 206 g/mol. The fourth-order valence-corrected chi connectivity index (χ4v) is 2.24. The number of rotatable bonds is 2. The van der Waals surface area contributed by atoms with Crippen LogP contribution in [0.4, 0.5) is 0 Å². The van der Waals surface area contributed by atoms with Crippen LogP contribution in [-0.4, -0.2) is 10.2 Å². The average molecular weight is 217 g/mol. The Bertz CT molecular complexity index is 468. The highest BCUT2D eigenvalue weighted by Crippen LogP contribution is 2.20. The van der Waals surface area contributed by atoms with Gasteiger partial charge in [-0.15, -0.1) is 0 Å². The first-order valence-electron chi connectivity index (χ1n) is 4.73. The van der Waals surface area contributed by atoms with Crippen LogP contribution in [0.3, 0.4) is 0 Å². The van der Waals surface area contributed by atoms with E-state index < -0.39 is 0 Å². The molecule has 0 unspecified atom stereocenters. The summed E-state index contributed by atoms with van der Waals surface area (Å²) in [5, 5.41) is 0. The lowest BCUT2D eigenvalue weighted by Crippen LogP contribution is -2.03. The Kier molecular flexibility index (Phi) is 2.64. The van der Waals surface area contributed by atoms with Crippen LogP contribution in [0.15, 0.2) is 30.3 Å². The molecule has 0 aliphatic carbocycles. The van der Waals surface area contributed by atoms with Gasteiger partial charge in [-0.3, -0.25) is 4.79 Å². The van der Waals surface area contributed by atoms with Crippen LogP contribution in [0.25, 0.3) is 0 Å². The van der Waals surface area contributed by atoms with Crippen molar-refractivity contribution >= 4 is 17.3 Å². The number of aryl methyl sites for hydroxylation is 2. The van der Waals surface area contributed by atoms with Gasteiger partial charge in [0.2, 0.25) is 0 Å². The Morgan fingerprint density at radius 2 is 1.87 bits per heavy atom. The average Bonchev–Trinajstić information content (AvgIpc) is 2.59. The third-order valence-corrected chi connectivity index (χ3v) is 3.14. The first kappa shape index (κ1) is 10.1. The van der Waals surface area contributed by atoms with Crippen molar-refractivity contribution in [2.45, 2.75) is 13.8 Å². The molecule has 0 N–H and O–H groups in total. The monoisotopic (exact) mass is 217 g/mol. The van der Waals surface area contributed by atoms with Gasteiger partial charge in [-0.2, -0.15) is 4.37 Å². The minimum atomic E-state index is 0.0688. The van der Waals surface area contributed by atoms with Gasteiger partial charge in [0, 0.05) is 10.4 Å². The molecule has 0 radical (unpaired) electrons. The third-order valence-electron chi connectivity index (χ3n) is 2.30. The number of nitrogens with zero attached hydrogens (tertiary/aromatic N) is 1. The molecule has 2 nitrogen and oxygen atoms in total. The first-order valence-corrected chi connectivity index (χ1v) is 5.50. The van der Waals surface area contributed by atoms with Gasteiger partial charge in [0.1, 0.15) is 0 Å². The molecule has 1 heterocycles. The number of aromatic nitrogens is 1. The highest BCUT2D eigenvalue weighted by Gasteiger charge is 2.16. The van der Waals surface area contributed by atoms with Gasteiger partial charge < -0.3 is 0 Å². The smallest absolute Gasteiger partial charge is 0.196 e. The van der Waals surface area contributed by atoms with Gasteiger partial charge in [0.15, 0.2) is 5.78 Å². The molecule has 0 amide bonds. The van der Waals surface area contributed by atoms with Crippen LogP contribution in [0, 0.1) is 13.8 Å². The topological polar surface area (TPSA) is 30.0 Å². The van der Waals surface area contributed by atoms with Gasteiger partial charge in [-0.05, 0) is 25.4 Å². The summed E-state index contributed by atoms with van der Waals surface area (Å²) in [6, 6.07) is 9.31. The summed E-state index contributed by atoms with van der Waals surface area (Å²) in [4.78, 5) is 13.1. The minimum Gasteiger partial charge on any atom is -0.288 e. The molecule has 0 saturated carbocycles. The zero-order valence-corrected chi connectivity index (χ0v) is 9.47. The molecule has 1 aromatic carbocycles. The fourth-order valence-electron chi connectivity index (χ4n) is 1.54. The second-order valence-electron chi connectivity index (χ2n) is 3.39. The van der Waals surface area contributed by atoms with Crippen LogP contribution in [0.2, 0.25) is 0 Å². The summed E-state index contributed by atoms with van der Waals surface area (Å²) in [5.74, 6) is 0.0688. The lowest BCUT2D eigenvalue weighted by atomic mass is 10.0. The largest absolute Gasteiger partial charge is 0.288 e. The van der Waals surface area contributed by atoms with E-state index in [2.05, 4.69) is 4.37 Å². The van der Waals surface area contributed by atoms with Crippen molar-refractivity contribution in [2.24, 2.45) is 0 Å². The molecule has 0 bridgehead atoms. The number of hydrogen-bond acceptors (Lipinski definition) is 3. The van der Waals surface area contributed by atoms with Crippen molar-refractivity contribution in [3.05, 3.63) is 52.0 Å². The van der Waals surface area contributed by atoms with Crippen LogP contribution < -0.4 is 0 Å². The van der Waals surface area contributed by atoms with Crippen molar-refractivity contribution < 1.29 is 4.79 Å². The minimum absolute atomic E-state index is 0.0688. The molecule has 2 rings (SSSR count). The van der Waals surface area contributed by atoms with E-state index in [1.54, 1.807) is 0 Å². The molecule has 0 fully saturated rings. The van der Waals surface area contributed by atoms with Crippen molar-refractivity contribution in [3.8, 4) is 0 Å². The van der Waals surface area contributed by atoms with Crippen LogP contribution in [-0.2, 0) is 0 Å². The third kappa shape index (κ3) is 1.83. The molecule has 0 aliphatic heterocycles. The van der Waals surface area contributed by atoms with E-state index in [-0.39, 0.29) is 5.78 Å². The van der Waals surface area contributed by atoms with Crippen molar-refractivity contribution in [1.82, 2.24) is 4.37 Å². The fraction of sp³-hybridized carbons (Fsp3) is 0.167. The molecular formula is C12H11NOS. The highest BCUT2D eigenvalue weighted by atomic mass is 32.1. The Labute approximate surface area is 92.7 Å². The standard InChI is InChI=1S/C12H11NOS/c1-8-11(9(2)15-13-8)12(14)10-6-4-3-5-7-10/h3-7H,1-2H3. The normalized spacial score (nSPS) is 10.3. The molecule has 1 aromatic heterocycles. The highest BCUT2D eigenvalue weighted by molar-refractivity contribution is 7.06. The van der Waals surface area contributed by atoms with Crippen LogP contribution >= 0.6 is 11.5 Å². The van der Waals surface area contributed by atoms with Crippen molar-refractivity contribution in [2.75, 3.05) is 0 Å². The van der Waals surface area contributed by atoms with Crippen molar-refractivity contribution in [3.63, 3.8) is 0 Å². The zero-order valence-electron chi connectivity index (χ0n) is 8.65. The molecule has 0 spiro atoms. The summed E-state index contributed by atoms with van der Waals surface area (Å²) in [6.07, 6.45) is 0. The number of carbonyl (C=O) groups is 1. The second-order valence-corrected chi connectivity index (χ2v) is 4.37. The number of benzene rings is 1. The van der Waals surface area contributed by atoms with Crippen LogP contribution in [0.5, 0.6) is 0 Å². The first-order chi connectivity index (χ1) is 7.20.